The monoisotopic (exact) mass is 272 g/mol. The lowest BCUT2D eigenvalue weighted by atomic mass is 10.1. The van der Waals surface area contributed by atoms with Crippen molar-refractivity contribution in [2.45, 2.75) is 19.9 Å². The van der Waals surface area contributed by atoms with E-state index in [4.69, 9.17) is 11.6 Å². The molecule has 4 nitrogen and oxygen atoms in total. The van der Waals surface area contributed by atoms with E-state index in [0.29, 0.717) is 11.6 Å². The number of benzene rings is 1. The third kappa shape index (κ3) is 2.19. The van der Waals surface area contributed by atoms with Gasteiger partial charge in [-0.1, -0.05) is 35.9 Å². The standard InChI is InChI=1S/C14H13ClN4/c1-2-19-8-7-16-13(19)9-12-10-5-3-4-6-11(10)14(15)18-17-12/h3-8H,2,9H2,1H3. The second kappa shape index (κ2) is 4.97. The summed E-state index contributed by atoms with van der Waals surface area (Å²) < 4.78 is 2.10. The molecule has 0 atom stereocenters. The highest BCUT2D eigenvalue weighted by Crippen LogP contribution is 2.23. The number of hydrogen-bond donors (Lipinski definition) is 0. The molecule has 0 saturated heterocycles. The summed E-state index contributed by atoms with van der Waals surface area (Å²) in [5, 5.41) is 10.7. The molecule has 0 N–H and O–H groups in total. The van der Waals surface area contributed by atoms with Gasteiger partial charge in [-0.15, -0.1) is 5.10 Å². The van der Waals surface area contributed by atoms with Gasteiger partial charge in [0, 0.05) is 29.7 Å². The number of aryl methyl sites for hydroxylation is 1. The Labute approximate surface area is 116 Å². The lowest BCUT2D eigenvalue weighted by Crippen LogP contribution is -2.04. The summed E-state index contributed by atoms with van der Waals surface area (Å²) in [4.78, 5) is 4.37. The van der Waals surface area contributed by atoms with Gasteiger partial charge in [0.15, 0.2) is 5.15 Å². The molecule has 0 aliphatic rings. The summed E-state index contributed by atoms with van der Waals surface area (Å²) in [6.07, 6.45) is 4.44. The highest BCUT2D eigenvalue weighted by Gasteiger charge is 2.10. The fourth-order valence-electron chi connectivity index (χ4n) is 2.20. The van der Waals surface area contributed by atoms with Crippen molar-refractivity contribution in [2.24, 2.45) is 0 Å². The molecule has 0 amide bonds. The molecule has 0 radical (unpaired) electrons. The lowest BCUT2D eigenvalue weighted by molar-refractivity contribution is 0.707. The van der Waals surface area contributed by atoms with E-state index in [2.05, 4.69) is 26.7 Å². The van der Waals surface area contributed by atoms with Crippen LogP contribution in [0.3, 0.4) is 0 Å². The fourth-order valence-corrected chi connectivity index (χ4v) is 2.40. The van der Waals surface area contributed by atoms with Crippen LogP contribution < -0.4 is 0 Å². The topological polar surface area (TPSA) is 43.6 Å². The summed E-state index contributed by atoms with van der Waals surface area (Å²) in [5.74, 6) is 0.990. The molecule has 0 fully saturated rings. The number of rotatable bonds is 3. The van der Waals surface area contributed by atoms with E-state index in [1.165, 1.54) is 0 Å². The Balaban J connectivity index is 2.09. The van der Waals surface area contributed by atoms with Crippen LogP contribution >= 0.6 is 11.6 Å². The van der Waals surface area contributed by atoms with E-state index in [0.717, 1.165) is 28.8 Å². The van der Waals surface area contributed by atoms with E-state index in [1.54, 1.807) is 0 Å². The molecule has 0 aliphatic carbocycles. The minimum absolute atomic E-state index is 0.443. The van der Waals surface area contributed by atoms with Crippen LogP contribution in [-0.2, 0) is 13.0 Å². The van der Waals surface area contributed by atoms with Gasteiger partial charge in [0.25, 0.3) is 0 Å². The molecular formula is C14H13ClN4. The highest BCUT2D eigenvalue weighted by atomic mass is 35.5. The van der Waals surface area contributed by atoms with Crippen molar-refractivity contribution in [1.29, 1.82) is 0 Å². The molecule has 2 heterocycles. The maximum absolute atomic E-state index is 6.07. The maximum Gasteiger partial charge on any atom is 0.159 e. The van der Waals surface area contributed by atoms with Gasteiger partial charge < -0.3 is 4.57 Å². The van der Waals surface area contributed by atoms with E-state index in [-0.39, 0.29) is 0 Å². The van der Waals surface area contributed by atoms with Gasteiger partial charge in [0.1, 0.15) is 5.82 Å². The average molecular weight is 273 g/mol. The van der Waals surface area contributed by atoms with Gasteiger partial charge in [-0.3, -0.25) is 0 Å². The highest BCUT2D eigenvalue weighted by molar-refractivity contribution is 6.34. The van der Waals surface area contributed by atoms with Gasteiger partial charge >= 0.3 is 0 Å². The Morgan fingerprint density at radius 1 is 1.16 bits per heavy atom. The predicted octanol–water partition coefficient (Wildman–Crippen LogP) is 3.09. The SMILES string of the molecule is CCn1ccnc1Cc1nnc(Cl)c2ccccc12. The Morgan fingerprint density at radius 3 is 2.74 bits per heavy atom. The first-order chi connectivity index (χ1) is 9.29. The molecule has 3 rings (SSSR count). The Bertz CT molecular complexity index is 720. The quantitative estimate of drug-likeness (QED) is 0.736. The molecule has 3 aromatic rings. The summed E-state index contributed by atoms with van der Waals surface area (Å²) in [6, 6.07) is 7.91. The smallest absolute Gasteiger partial charge is 0.159 e. The first kappa shape index (κ1) is 12.1. The van der Waals surface area contributed by atoms with Crippen LogP contribution in [0.25, 0.3) is 10.8 Å². The predicted molar refractivity (Wildman–Crippen MR) is 75.3 cm³/mol. The van der Waals surface area contributed by atoms with E-state index < -0.39 is 0 Å². The van der Waals surface area contributed by atoms with E-state index in [9.17, 15) is 0 Å². The molecule has 0 aliphatic heterocycles. The van der Waals surface area contributed by atoms with Crippen LogP contribution in [0.4, 0.5) is 0 Å². The van der Waals surface area contributed by atoms with Crippen LogP contribution in [0.15, 0.2) is 36.7 Å². The van der Waals surface area contributed by atoms with Crippen molar-refractivity contribution in [1.82, 2.24) is 19.7 Å². The molecule has 5 heteroatoms. The van der Waals surface area contributed by atoms with Gasteiger partial charge in [-0.2, -0.15) is 5.10 Å². The van der Waals surface area contributed by atoms with Gasteiger partial charge in [0.05, 0.1) is 12.1 Å². The second-order valence-corrected chi connectivity index (χ2v) is 4.65. The first-order valence-corrected chi connectivity index (χ1v) is 6.57. The molecule has 0 spiro atoms. The van der Waals surface area contributed by atoms with Crippen LogP contribution in [0.5, 0.6) is 0 Å². The van der Waals surface area contributed by atoms with Crippen molar-refractivity contribution < 1.29 is 0 Å². The Hall–Kier alpha value is -1.94. The normalized spacial score (nSPS) is 11.1. The van der Waals surface area contributed by atoms with Gasteiger partial charge in [-0.05, 0) is 6.92 Å². The van der Waals surface area contributed by atoms with Crippen molar-refractivity contribution in [3.05, 3.63) is 53.3 Å². The molecule has 19 heavy (non-hydrogen) atoms. The van der Waals surface area contributed by atoms with Crippen molar-refractivity contribution >= 4 is 22.4 Å². The van der Waals surface area contributed by atoms with Gasteiger partial charge in [0.2, 0.25) is 0 Å². The fraction of sp³-hybridized carbons (Fsp3) is 0.214. The molecule has 0 bridgehead atoms. The zero-order chi connectivity index (χ0) is 13.2. The number of imidazole rings is 1. The second-order valence-electron chi connectivity index (χ2n) is 4.29. The molecular weight excluding hydrogens is 260 g/mol. The van der Waals surface area contributed by atoms with Crippen molar-refractivity contribution in [2.75, 3.05) is 0 Å². The van der Waals surface area contributed by atoms with E-state index in [1.807, 2.05) is 36.7 Å². The number of fused-ring (bicyclic) bond motifs is 1. The third-order valence-corrected chi connectivity index (χ3v) is 3.47. The van der Waals surface area contributed by atoms with Crippen molar-refractivity contribution in [3.8, 4) is 0 Å². The summed E-state index contributed by atoms with van der Waals surface area (Å²) in [6.45, 7) is 2.99. The molecule has 1 aromatic carbocycles. The largest absolute Gasteiger partial charge is 0.335 e. The zero-order valence-corrected chi connectivity index (χ0v) is 11.3. The van der Waals surface area contributed by atoms with Crippen molar-refractivity contribution in [3.63, 3.8) is 0 Å². The van der Waals surface area contributed by atoms with Crippen LogP contribution in [0, 0.1) is 0 Å². The molecule has 0 saturated carbocycles. The molecule has 96 valence electrons. The molecule has 0 unspecified atom stereocenters. The first-order valence-electron chi connectivity index (χ1n) is 6.19. The summed E-state index contributed by atoms with van der Waals surface area (Å²) in [7, 11) is 0. The Kier molecular flexibility index (Phi) is 3.17. The number of aromatic nitrogens is 4. The number of hydrogen-bond acceptors (Lipinski definition) is 3. The molecule has 2 aromatic heterocycles. The third-order valence-electron chi connectivity index (χ3n) is 3.19. The summed E-state index contributed by atoms with van der Waals surface area (Å²) >= 11 is 6.07. The van der Waals surface area contributed by atoms with Crippen LogP contribution in [0.2, 0.25) is 5.15 Å². The van der Waals surface area contributed by atoms with E-state index >= 15 is 0 Å². The minimum Gasteiger partial charge on any atom is -0.335 e. The van der Waals surface area contributed by atoms with Crippen LogP contribution in [-0.4, -0.2) is 19.7 Å². The average Bonchev–Trinajstić information content (AvgIpc) is 2.89. The summed E-state index contributed by atoms with van der Waals surface area (Å²) in [5.41, 5.74) is 0.904. The maximum atomic E-state index is 6.07. The number of nitrogens with zero attached hydrogens (tertiary/aromatic N) is 4. The number of halogens is 1. The van der Waals surface area contributed by atoms with Gasteiger partial charge in [-0.25, -0.2) is 4.98 Å². The lowest BCUT2D eigenvalue weighted by Gasteiger charge is -2.07. The minimum atomic E-state index is 0.443. The van der Waals surface area contributed by atoms with Crippen LogP contribution in [0.1, 0.15) is 18.4 Å². The zero-order valence-electron chi connectivity index (χ0n) is 10.5. The Morgan fingerprint density at radius 2 is 1.95 bits per heavy atom.